The van der Waals surface area contributed by atoms with Gasteiger partial charge in [-0.3, -0.25) is 9.59 Å². The van der Waals surface area contributed by atoms with Gasteiger partial charge in [0.05, 0.1) is 22.3 Å². The third-order valence-corrected chi connectivity index (χ3v) is 6.07. The highest BCUT2D eigenvalue weighted by Crippen LogP contribution is 2.38. The predicted molar refractivity (Wildman–Crippen MR) is 140 cm³/mol. The zero-order chi connectivity index (χ0) is 29.1. The van der Waals surface area contributed by atoms with Gasteiger partial charge in [-0.15, -0.1) is 0 Å². The second-order valence-electron chi connectivity index (χ2n) is 8.78. The number of nitrogens with one attached hydrogen (secondary N) is 2. The number of anilines is 1. The average Bonchev–Trinajstić information content (AvgIpc) is 3.33. The molecular weight excluding hydrogens is 544 g/mol. The van der Waals surface area contributed by atoms with Crippen LogP contribution < -0.4 is 10.6 Å². The molecule has 2 aromatic heterocycles. The topological polar surface area (TPSA) is 122 Å². The van der Waals surface area contributed by atoms with Gasteiger partial charge in [0.1, 0.15) is 18.2 Å². The Morgan fingerprint density at radius 1 is 0.951 bits per heavy atom. The SMILES string of the molecule is O=C(CO)NCc1ccc2c(NC(=O)c3cc(-c4ncccn4)c(C(F)(F)F)cc3F)n(-c3ccccc3)nc2c1. The maximum Gasteiger partial charge on any atom is 0.417 e. The Labute approximate surface area is 229 Å². The van der Waals surface area contributed by atoms with E-state index in [9.17, 15) is 22.8 Å². The maximum atomic E-state index is 15.0. The van der Waals surface area contributed by atoms with Crippen LogP contribution in [-0.2, 0) is 17.5 Å². The van der Waals surface area contributed by atoms with Crippen molar-refractivity contribution in [1.82, 2.24) is 25.1 Å². The molecule has 13 heteroatoms. The van der Waals surface area contributed by atoms with Gasteiger partial charge in [0.2, 0.25) is 5.91 Å². The normalized spacial score (nSPS) is 11.4. The number of carbonyl (C=O) groups is 2. The fourth-order valence-electron chi connectivity index (χ4n) is 4.15. The van der Waals surface area contributed by atoms with Gasteiger partial charge in [-0.2, -0.15) is 18.3 Å². The summed E-state index contributed by atoms with van der Waals surface area (Å²) in [5.74, 6) is -3.15. The zero-order valence-corrected chi connectivity index (χ0v) is 21.0. The van der Waals surface area contributed by atoms with Crippen LogP contribution in [0.25, 0.3) is 28.0 Å². The summed E-state index contributed by atoms with van der Waals surface area (Å²) in [5, 5.41) is 19.1. The monoisotopic (exact) mass is 564 g/mol. The fourth-order valence-corrected chi connectivity index (χ4v) is 4.15. The van der Waals surface area contributed by atoms with Crippen LogP contribution in [0.1, 0.15) is 21.5 Å². The average molecular weight is 564 g/mol. The van der Waals surface area contributed by atoms with E-state index in [0.29, 0.717) is 22.2 Å². The Hall–Kier alpha value is -5.17. The summed E-state index contributed by atoms with van der Waals surface area (Å²) in [5.41, 5.74) is -0.931. The molecule has 2 amide bonds. The number of aromatic nitrogens is 4. The van der Waals surface area contributed by atoms with Gasteiger partial charge in [-0.1, -0.05) is 24.3 Å². The number of hydrogen-bond acceptors (Lipinski definition) is 6. The molecule has 0 atom stereocenters. The molecule has 0 radical (unpaired) electrons. The fraction of sp³-hybridized carbons (Fsp3) is 0.107. The zero-order valence-electron chi connectivity index (χ0n) is 21.0. The van der Waals surface area contributed by atoms with Crippen LogP contribution in [0.15, 0.2) is 79.1 Å². The Kier molecular flexibility index (Phi) is 7.44. The number of amides is 2. The highest BCUT2D eigenvalue weighted by molar-refractivity contribution is 6.09. The van der Waals surface area contributed by atoms with E-state index >= 15 is 4.39 Å². The summed E-state index contributed by atoms with van der Waals surface area (Å²) in [6.07, 6.45) is -2.46. The number of rotatable bonds is 7. The molecule has 0 bridgehead atoms. The molecule has 0 fully saturated rings. The molecule has 41 heavy (non-hydrogen) atoms. The number of hydrogen-bond donors (Lipinski definition) is 3. The molecule has 0 saturated heterocycles. The van der Waals surface area contributed by atoms with Crippen LogP contribution in [0, 0.1) is 5.82 Å². The first-order valence-corrected chi connectivity index (χ1v) is 12.1. The first-order valence-electron chi connectivity index (χ1n) is 12.1. The van der Waals surface area contributed by atoms with E-state index in [4.69, 9.17) is 5.11 Å². The van der Waals surface area contributed by atoms with Crippen LogP contribution in [0.5, 0.6) is 0 Å². The molecule has 2 heterocycles. The van der Waals surface area contributed by atoms with Crippen molar-refractivity contribution in [1.29, 1.82) is 0 Å². The number of carbonyl (C=O) groups excluding carboxylic acids is 2. The van der Waals surface area contributed by atoms with E-state index in [0.717, 1.165) is 6.07 Å². The van der Waals surface area contributed by atoms with E-state index in [1.807, 2.05) is 0 Å². The lowest BCUT2D eigenvalue weighted by Crippen LogP contribution is -2.25. The van der Waals surface area contributed by atoms with Crippen LogP contribution in [0.4, 0.5) is 23.4 Å². The standard InChI is InChI=1S/C28H20F4N6O3/c29-22-13-21(28(30,31)32)19(25-33-9-4-10-34-25)12-20(22)27(41)36-26-18-8-7-16(14-35-24(40)15-39)11-23(18)37-38(26)17-5-2-1-3-6-17/h1-13,39H,14-15H2,(H,35,40)(H,36,41). The minimum atomic E-state index is -4.93. The minimum absolute atomic E-state index is 0.107. The molecule has 5 aromatic rings. The molecule has 3 N–H and O–H groups in total. The van der Waals surface area contributed by atoms with Gasteiger partial charge >= 0.3 is 6.18 Å². The Morgan fingerprint density at radius 2 is 1.68 bits per heavy atom. The number of fused-ring (bicyclic) bond motifs is 1. The Morgan fingerprint density at radius 3 is 2.37 bits per heavy atom. The second kappa shape index (κ2) is 11.1. The second-order valence-corrected chi connectivity index (χ2v) is 8.78. The maximum absolute atomic E-state index is 15.0. The lowest BCUT2D eigenvalue weighted by atomic mass is 10.0. The number of aliphatic hydroxyl groups excluding tert-OH is 1. The number of aliphatic hydroxyl groups is 1. The van der Waals surface area contributed by atoms with Gasteiger partial charge in [0, 0.05) is 29.9 Å². The van der Waals surface area contributed by atoms with Gasteiger partial charge < -0.3 is 15.7 Å². The Bertz CT molecular complexity index is 1740. The largest absolute Gasteiger partial charge is 0.417 e. The number of halogens is 4. The molecule has 0 aliphatic heterocycles. The smallest absolute Gasteiger partial charge is 0.387 e. The first-order chi connectivity index (χ1) is 19.7. The van der Waals surface area contributed by atoms with E-state index in [1.54, 1.807) is 48.5 Å². The van der Waals surface area contributed by atoms with Crippen LogP contribution >= 0.6 is 0 Å². The van der Waals surface area contributed by atoms with Crippen LogP contribution in [-0.4, -0.2) is 43.3 Å². The van der Waals surface area contributed by atoms with Gasteiger partial charge in [0.15, 0.2) is 5.82 Å². The van der Waals surface area contributed by atoms with Crippen molar-refractivity contribution in [2.45, 2.75) is 12.7 Å². The van der Waals surface area contributed by atoms with E-state index in [2.05, 4.69) is 25.7 Å². The summed E-state index contributed by atoms with van der Waals surface area (Å²) in [6, 6.07) is 16.1. The predicted octanol–water partition coefficient (Wildman–Crippen LogP) is 4.50. The molecular formula is C28H20F4N6O3. The molecule has 5 rings (SSSR count). The summed E-state index contributed by atoms with van der Waals surface area (Å²) in [6.45, 7) is -0.560. The van der Waals surface area contributed by atoms with E-state index < -0.39 is 47.1 Å². The molecule has 208 valence electrons. The van der Waals surface area contributed by atoms with Crippen molar-refractivity contribution in [3.8, 4) is 17.1 Å². The van der Waals surface area contributed by atoms with Crippen molar-refractivity contribution in [3.05, 3.63) is 102 Å². The van der Waals surface area contributed by atoms with Crippen molar-refractivity contribution >= 4 is 28.5 Å². The number of alkyl halides is 3. The quantitative estimate of drug-likeness (QED) is 0.250. The lowest BCUT2D eigenvalue weighted by molar-refractivity contribution is -0.137. The highest BCUT2D eigenvalue weighted by atomic mass is 19.4. The van der Waals surface area contributed by atoms with Crippen molar-refractivity contribution < 1.29 is 32.3 Å². The number of benzene rings is 3. The van der Waals surface area contributed by atoms with E-state index in [1.165, 1.54) is 23.1 Å². The summed E-state index contributed by atoms with van der Waals surface area (Å²) in [4.78, 5) is 32.5. The Balaban J connectivity index is 1.58. The van der Waals surface area contributed by atoms with Crippen LogP contribution in [0.3, 0.4) is 0 Å². The highest BCUT2D eigenvalue weighted by Gasteiger charge is 2.36. The summed E-state index contributed by atoms with van der Waals surface area (Å²) >= 11 is 0. The summed E-state index contributed by atoms with van der Waals surface area (Å²) < 4.78 is 57.7. The molecule has 0 unspecified atom stereocenters. The van der Waals surface area contributed by atoms with E-state index in [-0.39, 0.29) is 24.3 Å². The lowest BCUT2D eigenvalue weighted by Gasteiger charge is -2.15. The molecule has 9 nitrogen and oxygen atoms in total. The molecule has 0 saturated carbocycles. The molecule has 0 spiro atoms. The van der Waals surface area contributed by atoms with Gasteiger partial charge in [-0.25, -0.2) is 19.0 Å². The van der Waals surface area contributed by atoms with Gasteiger partial charge in [-0.05, 0) is 48.0 Å². The minimum Gasteiger partial charge on any atom is -0.387 e. The van der Waals surface area contributed by atoms with Crippen molar-refractivity contribution in [3.63, 3.8) is 0 Å². The summed E-state index contributed by atoms with van der Waals surface area (Å²) in [7, 11) is 0. The molecule has 3 aromatic carbocycles. The molecule has 0 aliphatic carbocycles. The third kappa shape index (κ3) is 5.75. The van der Waals surface area contributed by atoms with Gasteiger partial charge in [0.25, 0.3) is 5.91 Å². The number of nitrogens with zero attached hydrogens (tertiary/aromatic N) is 4. The molecule has 0 aliphatic rings. The van der Waals surface area contributed by atoms with Crippen molar-refractivity contribution in [2.75, 3.05) is 11.9 Å². The number of para-hydroxylation sites is 1. The first kappa shape index (κ1) is 27.4. The van der Waals surface area contributed by atoms with Crippen molar-refractivity contribution in [2.24, 2.45) is 0 Å². The van der Waals surface area contributed by atoms with Crippen LogP contribution in [0.2, 0.25) is 0 Å². The third-order valence-electron chi connectivity index (χ3n) is 6.07.